The SMILES string of the molecule is Nc1ccc2cc(S(=O)(=O)O)c(N=Nc3ccc(-c4ccc(N=Nc5c(S(=O)(=O)O)cc6c(S(=O)(=O)[O-])ccc(N)c6c5[O-])cc4)cc3)c([O-])c2c1.[Na+].[Na+].[Na+]. The molecule has 0 spiro atoms. The molecule has 0 bridgehead atoms. The molecular formula is C32H21N6Na3O11S3. The molecule has 6 aromatic rings. The zero-order chi connectivity index (χ0) is 37.7. The normalized spacial score (nSPS) is 12.1. The number of hydrogen-bond acceptors (Lipinski definition) is 15. The molecule has 0 heterocycles. The molecule has 0 aromatic heterocycles. The van der Waals surface area contributed by atoms with Crippen LogP contribution >= 0.6 is 0 Å². The summed E-state index contributed by atoms with van der Waals surface area (Å²) in [5.74, 6) is -2.00. The molecule has 6 N–H and O–H groups in total. The van der Waals surface area contributed by atoms with Crippen molar-refractivity contribution in [3.8, 4) is 22.6 Å². The molecule has 0 fully saturated rings. The molecule has 0 aliphatic carbocycles. The molecule has 0 atom stereocenters. The largest absolute Gasteiger partial charge is 1.00 e. The van der Waals surface area contributed by atoms with Gasteiger partial charge in [0.15, 0.2) is 0 Å². The Morgan fingerprint density at radius 2 is 1.00 bits per heavy atom. The molecule has 0 radical (unpaired) electrons. The van der Waals surface area contributed by atoms with Crippen LogP contribution in [0.25, 0.3) is 32.7 Å². The van der Waals surface area contributed by atoms with Crippen molar-refractivity contribution in [2.75, 3.05) is 11.5 Å². The number of nitrogens with zero attached hydrogens (tertiary/aromatic N) is 4. The maximum atomic E-state index is 13.3. The van der Waals surface area contributed by atoms with E-state index in [1.165, 1.54) is 42.5 Å². The molecule has 266 valence electrons. The van der Waals surface area contributed by atoms with Crippen LogP contribution in [0.1, 0.15) is 0 Å². The second kappa shape index (κ2) is 17.6. The maximum Gasteiger partial charge on any atom is 1.00 e. The van der Waals surface area contributed by atoms with Crippen molar-refractivity contribution >= 4 is 86.0 Å². The van der Waals surface area contributed by atoms with Crippen LogP contribution in [-0.2, 0) is 30.4 Å². The third-order valence-electron chi connectivity index (χ3n) is 7.67. The Kier molecular flexibility index (Phi) is 14.9. The summed E-state index contributed by atoms with van der Waals surface area (Å²) in [6.07, 6.45) is 0. The van der Waals surface area contributed by atoms with Crippen molar-refractivity contribution in [3.63, 3.8) is 0 Å². The minimum absolute atomic E-state index is 0. The van der Waals surface area contributed by atoms with E-state index in [4.69, 9.17) is 11.5 Å². The number of benzene rings is 6. The van der Waals surface area contributed by atoms with Gasteiger partial charge in [0.2, 0.25) is 0 Å². The summed E-state index contributed by atoms with van der Waals surface area (Å²) in [7, 11) is -15.2. The van der Waals surface area contributed by atoms with Crippen LogP contribution in [-0.4, -0.2) is 38.9 Å². The second-order valence-corrected chi connectivity index (χ2v) is 15.2. The van der Waals surface area contributed by atoms with Crippen LogP contribution < -0.4 is 110 Å². The molecule has 17 nitrogen and oxygen atoms in total. The van der Waals surface area contributed by atoms with Gasteiger partial charge in [-0.2, -0.15) is 27.1 Å². The molecule has 0 unspecified atom stereocenters. The van der Waals surface area contributed by atoms with Gasteiger partial charge in [-0.05, 0) is 82.6 Å². The molecule has 23 heteroatoms. The van der Waals surface area contributed by atoms with E-state index in [1.807, 2.05) is 0 Å². The van der Waals surface area contributed by atoms with Gasteiger partial charge in [-0.15, -0.1) is 10.2 Å². The molecule has 6 rings (SSSR count). The Morgan fingerprint density at radius 1 is 0.527 bits per heavy atom. The van der Waals surface area contributed by atoms with Crippen molar-refractivity contribution in [1.82, 2.24) is 0 Å². The quantitative estimate of drug-likeness (QED) is 0.0496. The fourth-order valence-corrected chi connectivity index (χ4v) is 7.21. The Bertz CT molecular complexity index is 2860. The van der Waals surface area contributed by atoms with Crippen LogP contribution in [0.2, 0.25) is 0 Å². The van der Waals surface area contributed by atoms with E-state index >= 15 is 0 Å². The Balaban J connectivity index is 0.00000271. The summed E-state index contributed by atoms with van der Waals surface area (Å²) in [4.78, 5) is -2.74. The zero-order valence-corrected chi connectivity index (χ0v) is 37.3. The fraction of sp³-hybridized carbons (Fsp3) is 0. The Morgan fingerprint density at radius 3 is 1.47 bits per heavy atom. The van der Waals surface area contributed by atoms with Gasteiger partial charge >= 0.3 is 88.7 Å². The number of nitrogen functional groups attached to an aromatic ring is 2. The van der Waals surface area contributed by atoms with Crippen LogP contribution in [0.5, 0.6) is 11.5 Å². The van der Waals surface area contributed by atoms with E-state index in [1.54, 1.807) is 24.3 Å². The molecule has 55 heavy (non-hydrogen) atoms. The van der Waals surface area contributed by atoms with E-state index in [2.05, 4.69) is 20.5 Å². The zero-order valence-electron chi connectivity index (χ0n) is 28.9. The molecule has 0 aliphatic heterocycles. The number of anilines is 2. The van der Waals surface area contributed by atoms with Crippen LogP contribution in [0.4, 0.5) is 34.1 Å². The van der Waals surface area contributed by atoms with Crippen molar-refractivity contribution in [2.24, 2.45) is 20.5 Å². The van der Waals surface area contributed by atoms with Gasteiger partial charge in [0.05, 0.1) is 27.6 Å². The van der Waals surface area contributed by atoms with Gasteiger partial charge in [0.1, 0.15) is 19.9 Å². The molecule has 0 amide bonds. The van der Waals surface area contributed by atoms with Gasteiger partial charge in [-0.3, -0.25) is 9.11 Å². The first kappa shape index (κ1) is 46.4. The Labute approximate surface area is 379 Å². The summed E-state index contributed by atoms with van der Waals surface area (Å²) in [5, 5.41) is 40.9. The summed E-state index contributed by atoms with van der Waals surface area (Å²) >= 11 is 0. The molecule has 0 saturated heterocycles. The number of hydrogen-bond donors (Lipinski definition) is 4. The number of rotatable bonds is 8. The average Bonchev–Trinajstić information content (AvgIpc) is 3.06. The first-order valence-electron chi connectivity index (χ1n) is 14.4. The van der Waals surface area contributed by atoms with Crippen molar-refractivity contribution in [1.29, 1.82) is 0 Å². The summed E-state index contributed by atoms with van der Waals surface area (Å²) in [6.45, 7) is 0. The summed E-state index contributed by atoms with van der Waals surface area (Å²) in [6, 6.07) is 20.2. The first-order chi connectivity index (χ1) is 24.3. The number of nitrogens with two attached hydrogens (primary N) is 2. The first-order valence-corrected chi connectivity index (χ1v) is 18.7. The van der Waals surface area contributed by atoms with Gasteiger partial charge in [0, 0.05) is 22.1 Å². The van der Waals surface area contributed by atoms with E-state index < -0.39 is 78.7 Å². The van der Waals surface area contributed by atoms with Crippen molar-refractivity contribution in [3.05, 3.63) is 91.0 Å². The number of azo groups is 2. The standard InChI is InChI=1S/C32H24N6O11S3.3Na/c33-19-6-1-18-13-26(51(44,45)46)29(31(39)22(18)14-19)37-35-20-7-2-16(3-8-20)17-4-9-21(10-5-17)36-38-30-27(52(47,48)49)15-23-25(50(41,42)43)12-11-24(34)28(23)32(30)40;;;/h1-15,39-40H,33-34H2,(H,41,42,43)(H,44,45,46)(H,47,48,49);;;/q;3*+1/p-3. The summed E-state index contributed by atoms with van der Waals surface area (Å²) < 4.78 is 103. The molecule has 0 aliphatic rings. The predicted octanol–water partition coefficient (Wildman–Crippen LogP) is -3.79. The van der Waals surface area contributed by atoms with E-state index in [9.17, 15) is 49.1 Å². The second-order valence-electron chi connectivity index (χ2n) is 11.1. The topological polar surface area (TPSA) is 314 Å². The smallest absolute Gasteiger partial charge is 0.871 e. The third-order valence-corrected chi connectivity index (χ3v) is 10.3. The average molecular weight is 831 g/mol. The van der Waals surface area contributed by atoms with Gasteiger partial charge in [0.25, 0.3) is 20.2 Å². The predicted molar refractivity (Wildman–Crippen MR) is 183 cm³/mol. The van der Waals surface area contributed by atoms with Crippen molar-refractivity contribution in [2.45, 2.75) is 14.7 Å². The van der Waals surface area contributed by atoms with Gasteiger partial charge in [-0.25, -0.2) is 8.42 Å². The van der Waals surface area contributed by atoms with E-state index in [0.29, 0.717) is 17.2 Å². The maximum absolute atomic E-state index is 13.3. The van der Waals surface area contributed by atoms with Crippen LogP contribution in [0.15, 0.2) is 126 Å². The molecular weight excluding hydrogens is 810 g/mol. The number of fused-ring (bicyclic) bond motifs is 2. The third kappa shape index (κ3) is 9.93. The Hall–Kier alpha value is -3.03. The molecule has 6 aromatic carbocycles. The van der Waals surface area contributed by atoms with E-state index in [-0.39, 0.29) is 122 Å². The summed E-state index contributed by atoms with van der Waals surface area (Å²) in [5.41, 5.74) is 11.7. The minimum atomic E-state index is -5.18. The molecule has 0 saturated carbocycles. The van der Waals surface area contributed by atoms with Gasteiger partial charge < -0.3 is 26.2 Å². The van der Waals surface area contributed by atoms with Crippen LogP contribution in [0.3, 0.4) is 0 Å². The fourth-order valence-electron chi connectivity index (χ4n) is 5.25. The monoisotopic (exact) mass is 830 g/mol. The van der Waals surface area contributed by atoms with Crippen molar-refractivity contribution < 1.29 is 138 Å². The van der Waals surface area contributed by atoms with Gasteiger partial charge in [-0.1, -0.05) is 41.8 Å². The minimum Gasteiger partial charge on any atom is -0.871 e. The van der Waals surface area contributed by atoms with Crippen LogP contribution in [0, 0.1) is 0 Å². The van der Waals surface area contributed by atoms with E-state index in [0.717, 1.165) is 18.2 Å².